The molecule has 0 unspecified atom stereocenters. The third kappa shape index (κ3) is 4.08. The van der Waals surface area contributed by atoms with Gasteiger partial charge in [0.05, 0.1) is 0 Å². The van der Waals surface area contributed by atoms with Crippen molar-refractivity contribution in [2.45, 2.75) is 20.4 Å². The van der Waals surface area contributed by atoms with Crippen LogP contribution < -0.4 is 10.1 Å². The van der Waals surface area contributed by atoms with Gasteiger partial charge in [-0.1, -0.05) is 44.8 Å². The number of rotatable bonds is 5. The van der Waals surface area contributed by atoms with E-state index >= 15 is 0 Å². The highest BCUT2D eigenvalue weighted by Gasteiger charge is 2.08. The van der Waals surface area contributed by atoms with E-state index in [-0.39, 0.29) is 0 Å². The Morgan fingerprint density at radius 2 is 1.70 bits per heavy atom. The number of aryl methyl sites for hydroxylation is 1. The molecule has 0 aromatic heterocycles. The lowest BCUT2D eigenvalue weighted by Gasteiger charge is -2.14. The first-order chi connectivity index (χ1) is 9.60. The zero-order valence-electron chi connectivity index (χ0n) is 11.5. The van der Waals surface area contributed by atoms with Gasteiger partial charge < -0.3 is 10.1 Å². The van der Waals surface area contributed by atoms with E-state index in [0.717, 1.165) is 44.7 Å². The van der Waals surface area contributed by atoms with Crippen molar-refractivity contribution in [2.24, 2.45) is 0 Å². The Morgan fingerprint density at radius 1 is 1.00 bits per heavy atom. The third-order valence-corrected chi connectivity index (χ3v) is 3.94. The monoisotopic (exact) mass is 397 g/mol. The highest BCUT2D eigenvalue weighted by molar-refractivity contribution is 9.10. The van der Waals surface area contributed by atoms with Gasteiger partial charge in [0.15, 0.2) is 0 Å². The molecule has 0 spiro atoms. The van der Waals surface area contributed by atoms with Crippen molar-refractivity contribution in [3.63, 3.8) is 0 Å². The number of nitrogens with one attached hydrogen (secondary N) is 1. The zero-order valence-corrected chi connectivity index (χ0v) is 14.7. The molecule has 0 aliphatic rings. The van der Waals surface area contributed by atoms with Crippen LogP contribution in [0.5, 0.6) is 11.5 Å². The lowest BCUT2D eigenvalue weighted by Crippen LogP contribution is -2.12. The Balaban J connectivity index is 2.30. The molecule has 0 atom stereocenters. The molecule has 0 saturated heterocycles. The van der Waals surface area contributed by atoms with Crippen LogP contribution in [0.2, 0.25) is 0 Å². The van der Waals surface area contributed by atoms with Crippen LogP contribution in [-0.4, -0.2) is 6.54 Å². The summed E-state index contributed by atoms with van der Waals surface area (Å²) in [5.74, 6) is 1.76. The molecule has 106 valence electrons. The Morgan fingerprint density at radius 3 is 2.45 bits per heavy atom. The Kier molecular flexibility index (Phi) is 5.64. The number of hydrogen-bond donors (Lipinski definition) is 1. The molecule has 4 heteroatoms. The highest BCUT2D eigenvalue weighted by Crippen LogP contribution is 2.31. The first kappa shape index (κ1) is 15.5. The SMILES string of the molecule is CCNCc1cc(Br)ccc1Oc1cc(Br)ccc1C. The summed E-state index contributed by atoms with van der Waals surface area (Å²) in [4.78, 5) is 0. The first-order valence-electron chi connectivity index (χ1n) is 6.53. The average molecular weight is 399 g/mol. The van der Waals surface area contributed by atoms with Crippen LogP contribution in [0, 0.1) is 6.92 Å². The number of ether oxygens (including phenoxy) is 1. The first-order valence-corrected chi connectivity index (χ1v) is 8.12. The lowest BCUT2D eigenvalue weighted by molar-refractivity contribution is 0.469. The molecule has 0 bridgehead atoms. The lowest BCUT2D eigenvalue weighted by atomic mass is 10.2. The van der Waals surface area contributed by atoms with Crippen LogP contribution >= 0.6 is 31.9 Å². The summed E-state index contributed by atoms with van der Waals surface area (Å²) in [5, 5.41) is 3.33. The summed E-state index contributed by atoms with van der Waals surface area (Å²) < 4.78 is 8.16. The van der Waals surface area contributed by atoms with E-state index < -0.39 is 0 Å². The maximum absolute atomic E-state index is 6.08. The second-order valence-electron chi connectivity index (χ2n) is 4.54. The van der Waals surface area contributed by atoms with Crippen LogP contribution in [0.4, 0.5) is 0 Å². The second kappa shape index (κ2) is 7.25. The van der Waals surface area contributed by atoms with Gasteiger partial charge in [0.1, 0.15) is 11.5 Å². The molecule has 20 heavy (non-hydrogen) atoms. The van der Waals surface area contributed by atoms with Gasteiger partial charge in [-0.3, -0.25) is 0 Å². The Bertz CT molecular complexity index is 599. The average Bonchev–Trinajstić information content (AvgIpc) is 2.43. The summed E-state index contributed by atoms with van der Waals surface area (Å²) >= 11 is 6.99. The summed E-state index contributed by atoms with van der Waals surface area (Å²) in [7, 11) is 0. The molecule has 0 amide bonds. The van der Waals surface area contributed by atoms with E-state index in [1.54, 1.807) is 0 Å². The van der Waals surface area contributed by atoms with Crippen LogP contribution in [0.1, 0.15) is 18.1 Å². The summed E-state index contributed by atoms with van der Waals surface area (Å²) in [6, 6.07) is 12.1. The second-order valence-corrected chi connectivity index (χ2v) is 6.38. The number of halogens is 2. The van der Waals surface area contributed by atoms with E-state index in [9.17, 15) is 0 Å². The van der Waals surface area contributed by atoms with Crippen LogP contribution in [0.15, 0.2) is 45.3 Å². The van der Waals surface area contributed by atoms with Crippen molar-refractivity contribution in [1.82, 2.24) is 5.32 Å². The minimum atomic E-state index is 0.790. The number of benzene rings is 2. The minimum Gasteiger partial charge on any atom is -0.457 e. The highest BCUT2D eigenvalue weighted by atomic mass is 79.9. The van der Waals surface area contributed by atoms with Crippen LogP contribution in [0.3, 0.4) is 0 Å². The van der Waals surface area contributed by atoms with E-state index in [4.69, 9.17) is 4.74 Å². The van der Waals surface area contributed by atoms with Crippen LogP contribution in [0.25, 0.3) is 0 Å². The molecule has 0 radical (unpaired) electrons. The van der Waals surface area contributed by atoms with Crippen molar-refractivity contribution in [3.8, 4) is 11.5 Å². The predicted molar refractivity (Wildman–Crippen MR) is 90.5 cm³/mol. The van der Waals surface area contributed by atoms with Crippen molar-refractivity contribution in [2.75, 3.05) is 6.54 Å². The molecule has 0 saturated carbocycles. The quantitative estimate of drug-likeness (QED) is 0.725. The van der Waals surface area contributed by atoms with Crippen LogP contribution in [-0.2, 0) is 6.54 Å². The zero-order chi connectivity index (χ0) is 14.5. The van der Waals surface area contributed by atoms with E-state index in [2.05, 4.69) is 50.2 Å². The van der Waals surface area contributed by atoms with Gasteiger partial charge in [-0.15, -0.1) is 0 Å². The molecule has 0 fully saturated rings. The molecule has 2 rings (SSSR count). The van der Waals surface area contributed by atoms with E-state index in [0.29, 0.717) is 0 Å². The van der Waals surface area contributed by atoms with Gasteiger partial charge >= 0.3 is 0 Å². The smallest absolute Gasteiger partial charge is 0.132 e. The van der Waals surface area contributed by atoms with Crippen molar-refractivity contribution in [3.05, 3.63) is 56.5 Å². The normalized spacial score (nSPS) is 10.6. The third-order valence-electron chi connectivity index (χ3n) is 2.96. The standard InChI is InChI=1S/C16H17Br2NO/c1-3-19-10-12-8-13(17)6-7-15(12)20-16-9-14(18)5-4-11(16)2/h4-9,19H,3,10H2,1-2H3. The van der Waals surface area contributed by atoms with Gasteiger partial charge in [-0.25, -0.2) is 0 Å². The van der Waals surface area contributed by atoms with Crippen molar-refractivity contribution < 1.29 is 4.74 Å². The topological polar surface area (TPSA) is 21.3 Å². The molecular weight excluding hydrogens is 382 g/mol. The molecule has 2 aromatic rings. The summed E-state index contributed by atoms with van der Waals surface area (Å²) in [6.07, 6.45) is 0. The maximum Gasteiger partial charge on any atom is 0.132 e. The van der Waals surface area contributed by atoms with Gasteiger partial charge in [-0.05, 0) is 49.4 Å². The molecule has 0 aliphatic heterocycles. The molecule has 2 aromatic carbocycles. The van der Waals surface area contributed by atoms with E-state index in [1.807, 2.05) is 37.3 Å². The largest absolute Gasteiger partial charge is 0.457 e. The molecule has 2 nitrogen and oxygen atoms in total. The molecule has 0 aliphatic carbocycles. The van der Waals surface area contributed by atoms with Crippen molar-refractivity contribution in [1.29, 1.82) is 0 Å². The number of hydrogen-bond acceptors (Lipinski definition) is 2. The fraction of sp³-hybridized carbons (Fsp3) is 0.250. The van der Waals surface area contributed by atoms with Gasteiger partial charge in [0.2, 0.25) is 0 Å². The maximum atomic E-state index is 6.08. The minimum absolute atomic E-state index is 0.790. The van der Waals surface area contributed by atoms with Gasteiger partial charge in [0, 0.05) is 21.1 Å². The Labute approximate surface area is 136 Å². The fourth-order valence-corrected chi connectivity index (χ4v) is 2.60. The summed E-state index contributed by atoms with van der Waals surface area (Å²) in [5.41, 5.74) is 2.26. The van der Waals surface area contributed by atoms with E-state index in [1.165, 1.54) is 0 Å². The predicted octanol–water partition coefficient (Wildman–Crippen LogP) is 5.42. The molecule has 1 N–H and O–H groups in total. The molecular formula is C16H17Br2NO. The molecule has 0 heterocycles. The van der Waals surface area contributed by atoms with Gasteiger partial charge in [0.25, 0.3) is 0 Å². The van der Waals surface area contributed by atoms with Gasteiger partial charge in [-0.2, -0.15) is 0 Å². The Hall–Kier alpha value is -0.840. The fourth-order valence-electron chi connectivity index (χ4n) is 1.85. The summed E-state index contributed by atoms with van der Waals surface area (Å²) in [6.45, 7) is 5.86. The van der Waals surface area contributed by atoms with Crippen molar-refractivity contribution >= 4 is 31.9 Å².